The fourth-order valence-corrected chi connectivity index (χ4v) is 5.25. The van der Waals surface area contributed by atoms with Gasteiger partial charge in [0.2, 0.25) is 0 Å². The van der Waals surface area contributed by atoms with Crippen LogP contribution >= 0.6 is 11.3 Å². The number of benzene rings is 2. The third kappa shape index (κ3) is 6.06. The first-order chi connectivity index (χ1) is 18.4. The van der Waals surface area contributed by atoms with Crippen molar-refractivity contribution in [2.45, 2.75) is 25.7 Å². The standard InChI is InChI=1S/C27H25N3O7S/c1-35-20-12-5-3-10-18(20)26(33)37-17-9-7-8-16(14-17)15-28-30-24(32)23(31)29-25-22(27(34)36-2)19-11-4-6-13-21(19)38-25/h3,5,7-10,12,14-15H,4,6,11,13H2,1-2H3,(H,29,31)(H,30,32)/b28-15+. The number of nitrogens with one attached hydrogen (secondary N) is 2. The molecule has 11 heteroatoms. The van der Waals surface area contributed by atoms with Crippen LogP contribution < -0.4 is 20.2 Å². The van der Waals surface area contributed by atoms with Crippen molar-refractivity contribution in [2.24, 2.45) is 5.10 Å². The summed E-state index contributed by atoms with van der Waals surface area (Å²) in [4.78, 5) is 50.7. The van der Waals surface area contributed by atoms with Gasteiger partial charge in [-0.05, 0) is 61.1 Å². The summed E-state index contributed by atoms with van der Waals surface area (Å²) in [6.07, 6.45) is 4.77. The summed E-state index contributed by atoms with van der Waals surface area (Å²) >= 11 is 1.28. The molecular formula is C27H25N3O7S. The largest absolute Gasteiger partial charge is 0.496 e. The summed E-state index contributed by atoms with van der Waals surface area (Å²) in [6.45, 7) is 0. The number of ether oxygens (including phenoxy) is 3. The molecule has 4 rings (SSSR count). The number of aryl methyl sites for hydroxylation is 1. The lowest BCUT2D eigenvalue weighted by Crippen LogP contribution is -2.32. The van der Waals surface area contributed by atoms with Crippen molar-refractivity contribution in [1.29, 1.82) is 0 Å². The molecule has 2 N–H and O–H groups in total. The number of esters is 2. The van der Waals surface area contributed by atoms with Crippen molar-refractivity contribution >= 4 is 46.3 Å². The number of hydrogen-bond acceptors (Lipinski definition) is 9. The molecular weight excluding hydrogens is 510 g/mol. The van der Waals surface area contributed by atoms with Crippen LogP contribution in [-0.2, 0) is 27.2 Å². The number of anilines is 1. The molecule has 0 atom stereocenters. The number of hydrogen-bond donors (Lipinski definition) is 2. The van der Waals surface area contributed by atoms with Crippen LogP contribution in [0, 0.1) is 0 Å². The molecule has 0 fully saturated rings. The van der Waals surface area contributed by atoms with E-state index in [0.29, 0.717) is 16.9 Å². The maximum atomic E-state index is 12.5. The summed E-state index contributed by atoms with van der Waals surface area (Å²) in [7, 11) is 2.74. The fourth-order valence-electron chi connectivity index (χ4n) is 3.98. The molecule has 3 aromatic rings. The highest BCUT2D eigenvalue weighted by Crippen LogP contribution is 2.38. The summed E-state index contributed by atoms with van der Waals surface area (Å²) in [5.41, 5.74) is 4.11. The minimum Gasteiger partial charge on any atom is -0.496 e. The van der Waals surface area contributed by atoms with Crippen molar-refractivity contribution in [1.82, 2.24) is 5.43 Å². The Labute approximate surface area is 222 Å². The van der Waals surface area contributed by atoms with Crippen LogP contribution in [0.15, 0.2) is 53.6 Å². The number of rotatable bonds is 7. The van der Waals surface area contributed by atoms with Crippen LogP contribution in [0.25, 0.3) is 0 Å². The lowest BCUT2D eigenvalue weighted by atomic mass is 9.95. The molecule has 0 bridgehead atoms. The third-order valence-corrected chi connectivity index (χ3v) is 6.98. The van der Waals surface area contributed by atoms with Crippen LogP contribution in [0.1, 0.15) is 49.6 Å². The lowest BCUT2D eigenvalue weighted by Gasteiger charge is -2.11. The van der Waals surface area contributed by atoms with Gasteiger partial charge in [-0.2, -0.15) is 5.10 Å². The number of fused-ring (bicyclic) bond motifs is 1. The lowest BCUT2D eigenvalue weighted by molar-refractivity contribution is -0.136. The molecule has 10 nitrogen and oxygen atoms in total. The molecule has 0 spiro atoms. The van der Waals surface area contributed by atoms with Gasteiger partial charge in [0.15, 0.2) is 0 Å². The quantitative estimate of drug-likeness (QED) is 0.155. The average molecular weight is 536 g/mol. The highest BCUT2D eigenvalue weighted by Gasteiger charge is 2.28. The second-order valence-electron chi connectivity index (χ2n) is 8.22. The van der Waals surface area contributed by atoms with E-state index in [1.165, 1.54) is 31.8 Å². The van der Waals surface area contributed by atoms with E-state index in [1.807, 2.05) is 0 Å². The van der Waals surface area contributed by atoms with Crippen molar-refractivity contribution in [3.05, 3.63) is 75.7 Å². The minimum atomic E-state index is -1.01. The Morgan fingerprint density at radius 3 is 2.53 bits per heavy atom. The van der Waals surface area contributed by atoms with Crippen LogP contribution in [0.5, 0.6) is 11.5 Å². The van der Waals surface area contributed by atoms with Crippen molar-refractivity contribution in [3.63, 3.8) is 0 Å². The van der Waals surface area contributed by atoms with Gasteiger partial charge in [-0.25, -0.2) is 15.0 Å². The molecule has 1 aromatic heterocycles. The molecule has 2 amide bonds. The number of carbonyl (C=O) groups is 4. The predicted molar refractivity (Wildman–Crippen MR) is 141 cm³/mol. The van der Waals surface area contributed by atoms with Gasteiger partial charge in [0.05, 0.1) is 26.0 Å². The molecule has 0 radical (unpaired) electrons. The third-order valence-electron chi connectivity index (χ3n) is 5.77. The Morgan fingerprint density at radius 1 is 0.947 bits per heavy atom. The smallest absolute Gasteiger partial charge is 0.347 e. The average Bonchev–Trinajstić information content (AvgIpc) is 3.30. The number of amides is 2. The Hall–Kier alpha value is -4.51. The molecule has 1 heterocycles. The number of methoxy groups -OCH3 is 2. The van der Waals surface area contributed by atoms with Gasteiger partial charge in [0.25, 0.3) is 0 Å². The Balaban J connectivity index is 1.38. The van der Waals surface area contributed by atoms with Gasteiger partial charge in [0.1, 0.15) is 22.1 Å². The fraction of sp³-hybridized carbons (Fsp3) is 0.222. The van der Waals surface area contributed by atoms with Crippen molar-refractivity contribution < 1.29 is 33.4 Å². The number of hydrazone groups is 1. The first-order valence-corrected chi connectivity index (χ1v) is 12.6. The Morgan fingerprint density at radius 2 is 1.74 bits per heavy atom. The topological polar surface area (TPSA) is 132 Å². The first kappa shape index (κ1) is 26.6. The molecule has 1 aliphatic carbocycles. The monoisotopic (exact) mass is 535 g/mol. The number of carbonyl (C=O) groups excluding carboxylic acids is 4. The Bertz CT molecular complexity index is 1410. The summed E-state index contributed by atoms with van der Waals surface area (Å²) in [5.74, 6) is -2.48. The van der Waals surface area contributed by atoms with Gasteiger partial charge < -0.3 is 19.5 Å². The zero-order valence-corrected chi connectivity index (χ0v) is 21.6. The zero-order valence-electron chi connectivity index (χ0n) is 20.7. The summed E-state index contributed by atoms with van der Waals surface area (Å²) in [5, 5.41) is 6.62. The minimum absolute atomic E-state index is 0.255. The van der Waals surface area contributed by atoms with E-state index in [2.05, 4.69) is 15.8 Å². The molecule has 0 saturated carbocycles. The SMILES string of the molecule is COC(=O)c1c(NC(=O)C(=O)N/N=C/c2cccc(OC(=O)c3ccccc3OC)c2)sc2c1CCCC2. The van der Waals surface area contributed by atoms with Crippen molar-refractivity contribution in [3.8, 4) is 11.5 Å². The zero-order chi connectivity index (χ0) is 27.1. The van der Waals surface area contributed by atoms with E-state index in [1.54, 1.807) is 48.5 Å². The molecule has 0 unspecified atom stereocenters. The molecule has 1 aliphatic rings. The summed E-state index contributed by atoms with van der Waals surface area (Å²) in [6, 6.07) is 13.1. The maximum Gasteiger partial charge on any atom is 0.347 e. The maximum absolute atomic E-state index is 12.5. The molecule has 2 aromatic carbocycles. The van der Waals surface area contributed by atoms with Gasteiger partial charge in [0, 0.05) is 4.88 Å². The van der Waals surface area contributed by atoms with E-state index >= 15 is 0 Å². The van der Waals surface area contributed by atoms with E-state index < -0.39 is 23.8 Å². The number of thiophene rings is 1. The molecule has 38 heavy (non-hydrogen) atoms. The highest BCUT2D eigenvalue weighted by molar-refractivity contribution is 7.17. The van der Waals surface area contributed by atoms with Crippen molar-refractivity contribution in [2.75, 3.05) is 19.5 Å². The summed E-state index contributed by atoms with van der Waals surface area (Å²) < 4.78 is 15.5. The van der Waals surface area contributed by atoms with Crippen LogP contribution in [0.4, 0.5) is 5.00 Å². The second-order valence-corrected chi connectivity index (χ2v) is 9.33. The van der Waals surface area contributed by atoms with Gasteiger partial charge >= 0.3 is 23.8 Å². The normalized spacial score (nSPS) is 12.4. The predicted octanol–water partition coefficient (Wildman–Crippen LogP) is 3.73. The molecule has 196 valence electrons. The van der Waals surface area contributed by atoms with Crippen LogP contribution in [0.3, 0.4) is 0 Å². The molecule has 0 saturated heterocycles. The number of para-hydroxylation sites is 1. The van der Waals surface area contributed by atoms with E-state index in [-0.39, 0.29) is 16.3 Å². The van der Waals surface area contributed by atoms with Gasteiger partial charge in [-0.3, -0.25) is 9.59 Å². The Kier molecular flexibility index (Phi) is 8.49. The van der Waals surface area contributed by atoms with E-state index in [9.17, 15) is 19.2 Å². The first-order valence-electron chi connectivity index (χ1n) is 11.7. The second kappa shape index (κ2) is 12.2. The molecule has 0 aliphatic heterocycles. The van der Waals surface area contributed by atoms with Gasteiger partial charge in [-0.15, -0.1) is 11.3 Å². The van der Waals surface area contributed by atoms with Crippen LogP contribution in [-0.4, -0.2) is 44.2 Å². The van der Waals surface area contributed by atoms with E-state index in [0.717, 1.165) is 36.1 Å². The van der Waals surface area contributed by atoms with Crippen LogP contribution in [0.2, 0.25) is 0 Å². The number of nitrogens with zero attached hydrogens (tertiary/aromatic N) is 1. The van der Waals surface area contributed by atoms with E-state index in [4.69, 9.17) is 14.2 Å². The van der Waals surface area contributed by atoms with Gasteiger partial charge in [-0.1, -0.05) is 24.3 Å². The highest BCUT2D eigenvalue weighted by atomic mass is 32.1.